The Morgan fingerprint density at radius 2 is 1.83 bits per heavy atom. The van der Waals surface area contributed by atoms with E-state index < -0.39 is 0 Å². The molecule has 1 atom stereocenters. The summed E-state index contributed by atoms with van der Waals surface area (Å²) in [5.74, 6) is 0.313. The Morgan fingerprint density at radius 1 is 1.00 bits per heavy atom. The molecule has 2 aromatic carbocycles. The highest BCUT2D eigenvalue weighted by Gasteiger charge is 2.15. The molecule has 0 N–H and O–H groups in total. The SMILES string of the molecule is Clc1ccc(C2C=NC(c3ccc4c(cnn4CCN4CCCC4)c3)=CC2)cc1. The van der Waals surface area contributed by atoms with Crippen LogP contribution in [0.5, 0.6) is 0 Å². The summed E-state index contributed by atoms with van der Waals surface area (Å²) < 4.78 is 2.13. The molecule has 2 aliphatic heterocycles. The Bertz CT molecular complexity index is 1060. The van der Waals surface area contributed by atoms with Crippen LogP contribution in [0, 0.1) is 0 Å². The molecule has 0 radical (unpaired) electrons. The molecule has 1 saturated heterocycles. The van der Waals surface area contributed by atoms with E-state index in [0.717, 1.165) is 35.8 Å². The van der Waals surface area contributed by atoms with Crippen LogP contribution in [0.2, 0.25) is 5.02 Å². The van der Waals surface area contributed by atoms with Crippen molar-refractivity contribution in [3.63, 3.8) is 0 Å². The molecule has 3 heterocycles. The molecule has 1 aromatic heterocycles. The fourth-order valence-corrected chi connectivity index (χ4v) is 4.44. The second-order valence-electron chi connectivity index (χ2n) is 7.95. The number of aliphatic imine (C=N–C) groups is 1. The zero-order valence-corrected chi connectivity index (χ0v) is 17.2. The molecule has 2 aliphatic rings. The summed E-state index contributed by atoms with van der Waals surface area (Å²) in [5, 5.41) is 6.57. The largest absolute Gasteiger partial charge is 0.301 e. The van der Waals surface area contributed by atoms with E-state index in [-0.39, 0.29) is 0 Å². The van der Waals surface area contributed by atoms with Crippen molar-refractivity contribution in [2.45, 2.75) is 31.7 Å². The fraction of sp³-hybridized carbons (Fsp3) is 0.333. The second kappa shape index (κ2) is 8.13. The Kier molecular flexibility index (Phi) is 5.21. The highest BCUT2D eigenvalue weighted by atomic mass is 35.5. The number of halogens is 1. The van der Waals surface area contributed by atoms with E-state index in [9.17, 15) is 0 Å². The van der Waals surface area contributed by atoms with Crippen LogP contribution in [-0.4, -0.2) is 40.5 Å². The highest BCUT2D eigenvalue weighted by Crippen LogP contribution is 2.29. The molecule has 4 nitrogen and oxygen atoms in total. The van der Waals surface area contributed by atoms with Gasteiger partial charge in [-0.2, -0.15) is 5.10 Å². The van der Waals surface area contributed by atoms with Crippen LogP contribution < -0.4 is 0 Å². The molecule has 0 saturated carbocycles. The van der Waals surface area contributed by atoms with Crippen LogP contribution in [0.15, 0.2) is 59.7 Å². The van der Waals surface area contributed by atoms with Gasteiger partial charge >= 0.3 is 0 Å². The van der Waals surface area contributed by atoms with Gasteiger partial charge in [-0.05, 0) is 62.2 Å². The first-order chi connectivity index (χ1) is 14.3. The zero-order chi connectivity index (χ0) is 19.6. The van der Waals surface area contributed by atoms with Gasteiger partial charge in [-0.1, -0.05) is 35.9 Å². The number of rotatable bonds is 5. The van der Waals surface area contributed by atoms with Gasteiger partial charge in [0.1, 0.15) is 0 Å². The molecule has 1 fully saturated rings. The first-order valence-corrected chi connectivity index (χ1v) is 10.8. The van der Waals surface area contributed by atoms with Gasteiger partial charge < -0.3 is 4.90 Å². The summed E-state index contributed by atoms with van der Waals surface area (Å²) in [4.78, 5) is 7.28. The van der Waals surface area contributed by atoms with Gasteiger partial charge in [0.2, 0.25) is 0 Å². The molecule has 5 rings (SSSR count). The van der Waals surface area contributed by atoms with Gasteiger partial charge in [0.05, 0.1) is 24.0 Å². The molecule has 0 amide bonds. The topological polar surface area (TPSA) is 33.4 Å². The Balaban J connectivity index is 1.29. The summed E-state index contributed by atoms with van der Waals surface area (Å²) in [6, 6.07) is 14.6. The van der Waals surface area contributed by atoms with E-state index in [1.165, 1.54) is 42.4 Å². The van der Waals surface area contributed by atoms with Crippen molar-refractivity contribution in [2.24, 2.45) is 4.99 Å². The average molecular weight is 405 g/mol. The van der Waals surface area contributed by atoms with Crippen LogP contribution in [0.25, 0.3) is 16.6 Å². The molecular weight excluding hydrogens is 380 g/mol. The van der Waals surface area contributed by atoms with Crippen LogP contribution in [0.1, 0.15) is 36.3 Å². The molecule has 0 bridgehead atoms. The van der Waals surface area contributed by atoms with Crippen LogP contribution >= 0.6 is 11.6 Å². The van der Waals surface area contributed by atoms with Crippen molar-refractivity contribution in [1.29, 1.82) is 0 Å². The number of hydrogen-bond acceptors (Lipinski definition) is 3. The molecular formula is C24H25ClN4. The molecule has 0 aliphatic carbocycles. The Labute approximate surface area is 176 Å². The normalized spacial score (nSPS) is 19.8. The van der Waals surface area contributed by atoms with Crippen molar-refractivity contribution in [3.05, 3.63) is 70.9 Å². The molecule has 5 heteroatoms. The third-order valence-electron chi connectivity index (χ3n) is 6.02. The summed E-state index contributed by atoms with van der Waals surface area (Å²) in [7, 11) is 0. The van der Waals surface area contributed by atoms with Crippen molar-refractivity contribution in [1.82, 2.24) is 14.7 Å². The zero-order valence-electron chi connectivity index (χ0n) is 16.5. The number of aromatic nitrogens is 2. The standard InChI is InChI=1S/C24H25ClN4/c25-22-7-3-18(4-8-22)20-5-9-23(26-16-20)19-6-10-24-21(15-19)17-27-29(24)14-13-28-11-1-2-12-28/h3-4,6-10,15-17,20H,1-2,5,11-14H2. The fourth-order valence-electron chi connectivity index (χ4n) is 4.31. The van der Waals surface area contributed by atoms with Crippen molar-refractivity contribution >= 4 is 34.4 Å². The maximum atomic E-state index is 6.00. The quantitative estimate of drug-likeness (QED) is 0.571. The third-order valence-corrected chi connectivity index (χ3v) is 6.27. The van der Waals surface area contributed by atoms with E-state index in [4.69, 9.17) is 16.6 Å². The summed E-state index contributed by atoms with van der Waals surface area (Å²) in [6.07, 6.45) is 9.88. The minimum absolute atomic E-state index is 0.313. The lowest BCUT2D eigenvalue weighted by molar-refractivity contribution is 0.318. The predicted molar refractivity (Wildman–Crippen MR) is 121 cm³/mol. The lowest BCUT2D eigenvalue weighted by atomic mass is 9.94. The molecule has 1 unspecified atom stereocenters. The van der Waals surface area contributed by atoms with Gasteiger partial charge in [0.25, 0.3) is 0 Å². The van der Waals surface area contributed by atoms with Crippen LogP contribution in [0.3, 0.4) is 0 Å². The summed E-state index contributed by atoms with van der Waals surface area (Å²) in [5.41, 5.74) is 4.65. The van der Waals surface area contributed by atoms with Gasteiger partial charge in [-0.25, -0.2) is 0 Å². The van der Waals surface area contributed by atoms with Gasteiger partial charge in [-0.15, -0.1) is 0 Å². The maximum Gasteiger partial charge on any atom is 0.0683 e. The third kappa shape index (κ3) is 4.00. The number of hydrogen-bond donors (Lipinski definition) is 0. The lowest BCUT2D eigenvalue weighted by Gasteiger charge is -2.16. The van der Waals surface area contributed by atoms with Gasteiger partial charge in [0.15, 0.2) is 0 Å². The van der Waals surface area contributed by atoms with Crippen molar-refractivity contribution in [2.75, 3.05) is 19.6 Å². The molecule has 148 valence electrons. The average Bonchev–Trinajstić information content (AvgIpc) is 3.42. The van der Waals surface area contributed by atoms with E-state index in [2.05, 4.69) is 57.3 Å². The predicted octanol–water partition coefficient (Wildman–Crippen LogP) is 5.38. The minimum atomic E-state index is 0.313. The van der Waals surface area contributed by atoms with Crippen LogP contribution in [0.4, 0.5) is 0 Å². The first kappa shape index (κ1) is 18.6. The smallest absolute Gasteiger partial charge is 0.0683 e. The second-order valence-corrected chi connectivity index (χ2v) is 8.39. The maximum absolute atomic E-state index is 6.00. The number of nitrogens with zero attached hydrogens (tertiary/aromatic N) is 4. The summed E-state index contributed by atoms with van der Waals surface area (Å²) in [6.45, 7) is 4.49. The monoisotopic (exact) mass is 404 g/mol. The van der Waals surface area contributed by atoms with Crippen molar-refractivity contribution < 1.29 is 0 Å². The number of likely N-dealkylation sites (tertiary alicyclic amines) is 1. The van der Waals surface area contributed by atoms with Gasteiger partial charge in [-0.3, -0.25) is 9.67 Å². The van der Waals surface area contributed by atoms with E-state index >= 15 is 0 Å². The number of fused-ring (bicyclic) bond motifs is 1. The molecule has 29 heavy (non-hydrogen) atoms. The Hall–Kier alpha value is -2.43. The van der Waals surface area contributed by atoms with Crippen LogP contribution in [-0.2, 0) is 6.54 Å². The molecule has 3 aromatic rings. The van der Waals surface area contributed by atoms with E-state index in [0.29, 0.717) is 5.92 Å². The Morgan fingerprint density at radius 3 is 2.59 bits per heavy atom. The van der Waals surface area contributed by atoms with E-state index in [1.54, 1.807) is 0 Å². The summed E-state index contributed by atoms with van der Waals surface area (Å²) >= 11 is 6.00. The minimum Gasteiger partial charge on any atom is -0.301 e. The highest BCUT2D eigenvalue weighted by molar-refractivity contribution is 6.30. The first-order valence-electron chi connectivity index (χ1n) is 10.4. The lowest BCUT2D eigenvalue weighted by Crippen LogP contribution is -2.24. The van der Waals surface area contributed by atoms with E-state index in [1.807, 2.05) is 18.3 Å². The number of allylic oxidation sites excluding steroid dienone is 1. The number of benzene rings is 2. The van der Waals surface area contributed by atoms with Crippen molar-refractivity contribution in [3.8, 4) is 0 Å². The van der Waals surface area contributed by atoms with Gasteiger partial charge in [0, 0.05) is 34.6 Å². The molecule has 0 spiro atoms.